The number of halogens is 1. The lowest BCUT2D eigenvalue weighted by Gasteiger charge is -2.32. The minimum absolute atomic E-state index is 0.179. The molecule has 1 nitrogen and oxygen atoms in total. The van der Waals surface area contributed by atoms with Crippen LogP contribution in [0.4, 0.5) is 4.39 Å². The molecule has 0 aliphatic heterocycles. The number of aryl methyl sites for hydroxylation is 1. The van der Waals surface area contributed by atoms with Crippen LogP contribution in [0.25, 0.3) is 6.08 Å². The molecule has 2 aliphatic carbocycles. The molecule has 1 fully saturated rings. The van der Waals surface area contributed by atoms with E-state index in [0.29, 0.717) is 5.92 Å². The third kappa shape index (κ3) is 3.89. The molecule has 1 saturated carbocycles. The van der Waals surface area contributed by atoms with E-state index in [0.717, 1.165) is 29.9 Å². The standard InChI is InChI=1S/C22H28FN/c1-2-3-4-5-16-6-8-17(9-7-16)18-10-11-19-13-21(15-24)22(23)14-20(19)12-18/h12-14,16-17H,2-11H2,1H3. The summed E-state index contributed by atoms with van der Waals surface area (Å²) in [6.07, 6.45) is 15.1. The highest BCUT2D eigenvalue weighted by molar-refractivity contribution is 5.61. The van der Waals surface area contributed by atoms with Crippen molar-refractivity contribution in [1.82, 2.24) is 0 Å². The summed E-state index contributed by atoms with van der Waals surface area (Å²) in [4.78, 5) is 0. The first-order chi connectivity index (χ1) is 11.7. The van der Waals surface area contributed by atoms with E-state index in [1.54, 1.807) is 12.1 Å². The monoisotopic (exact) mass is 325 g/mol. The molecule has 0 radical (unpaired) electrons. The van der Waals surface area contributed by atoms with Crippen LogP contribution in [0, 0.1) is 29.0 Å². The van der Waals surface area contributed by atoms with Crippen LogP contribution < -0.4 is 0 Å². The van der Waals surface area contributed by atoms with Gasteiger partial charge in [0.25, 0.3) is 0 Å². The van der Waals surface area contributed by atoms with Crippen molar-refractivity contribution in [2.24, 2.45) is 11.8 Å². The molecule has 1 aromatic carbocycles. The maximum Gasteiger partial charge on any atom is 0.141 e. The van der Waals surface area contributed by atoms with Crippen LogP contribution in [0.15, 0.2) is 17.7 Å². The highest BCUT2D eigenvalue weighted by Crippen LogP contribution is 2.39. The maximum absolute atomic E-state index is 13.9. The van der Waals surface area contributed by atoms with Crippen molar-refractivity contribution in [2.75, 3.05) is 0 Å². The summed E-state index contributed by atoms with van der Waals surface area (Å²) in [7, 11) is 0. The molecule has 0 unspecified atom stereocenters. The molecule has 0 saturated heterocycles. The Morgan fingerprint density at radius 1 is 1.12 bits per heavy atom. The second kappa shape index (κ2) is 7.97. The van der Waals surface area contributed by atoms with Crippen LogP contribution in [0.5, 0.6) is 0 Å². The fraction of sp³-hybridized carbons (Fsp3) is 0.591. The quantitative estimate of drug-likeness (QED) is 0.573. The van der Waals surface area contributed by atoms with Crippen LogP contribution >= 0.6 is 0 Å². The third-order valence-corrected chi connectivity index (χ3v) is 5.96. The SMILES string of the molecule is CCCCCC1CCC(C2=Cc3cc(F)c(C#N)cc3CC2)CC1. The number of unbranched alkanes of at least 4 members (excludes halogenated alkanes) is 2. The van der Waals surface area contributed by atoms with Gasteiger partial charge in [-0.3, -0.25) is 0 Å². The van der Waals surface area contributed by atoms with Gasteiger partial charge in [-0.1, -0.05) is 44.3 Å². The van der Waals surface area contributed by atoms with Crippen LogP contribution in [-0.4, -0.2) is 0 Å². The highest BCUT2D eigenvalue weighted by Gasteiger charge is 2.25. The normalized spacial score (nSPS) is 23.3. The number of hydrogen-bond donors (Lipinski definition) is 0. The fourth-order valence-electron chi connectivity index (χ4n) is 4.45. The van der Waals surface area contributed by atoms with Crippen molar-refractivity contribution in [2.45, 2.75) is 71.1 Å². The highest BCUT2D eigenvalue weighted by atomic mass is 19.1. The van der Waals surface area contributed by atoms with Crippen molar-refractivity contribution >= 4 is 6.08 Å². The van der Waals surface area contributed by atoms with Gasteiger partial charge in [0, 0.05) is 0 Å². The zero-order chi connectivity index (χ0) is 16.9. The first kappa shape index (κ1) is 17.2. The number of benzene rings is 1. The third-order valence-electron chi connectivity index (χ3n) is 5.96. The molecule has 0 aromatic heterocycles. The Hall–Kier alpha value is -1.62. The molecule has 0 atom stereocenters. The van der Waals surface area contributed by atoms with Gasteiger partial charge in [0.2, 0.25) is 0 Å². The lowest BCUT2D eigenvalue weighted by Crippen LogP contribution is -2.18. The molecule has 1 aromatic rings. The van der Waals surface area contributed by atoms with E-state index in [2.05, 4.69) is 13.0 Å². The Balaban J connectivity index is 1.63. The number of allylic oxidation sites excluding steroid dienone is 1. The molecule has 24 heavy (non-hydrogen) atoms. The largest absolute Gasteiger partial charge is 0.206 e. The van der Waals surface area contributed by atoms with Gasteiger partial charge < -0.3 is 0 Å². The van der Waals surface area contributed by atoms with Crippen molar-refractivity contribution in [3.05, 3.63) is 40.2 Å². The van der Waals surface area contributed by atoms with E-state index >= 15 is 0 Å². The van der Waals surface area contributed by atoms with Gasteiger partial charge in [-0.2, -0.15) is 5.26 Å². The minimum Gasteiger partial charge on any atom is -0.206 e. The molecule has 2 heteroatoms. The summed E-state index contributed by atoms with van der Waals surface area (Å²) in [6.45, 7) is 2.27. The van der Waals surface area contributed by atoms with E-state index in [1.807, 2.05) is 6.07 Å². The Bertz CT molecular complexity index is 645. The number of nitriles is 1. The summed E-state index contributed by atoms with van der Waals surface area (Å²) in [5, 5.41) is 8.97. The summed E-state index contributed by atoms with van der Waals surface area (Å²) in [5.41, 5.74) is 3.82. The summed E-state index contributed by atoms with van der Waals surface area (Å²) < 4.78 is 13.9. The molecule has 0 N–H and O–H groups in total. The summed E-state index contributed by atoms with van der Waals surface area (Å²) in [5.74, 6) is 1.24. The molecule has 0 bridgehead atoms. The summed E-state index contributed by atoms with van der Waals surface area (Å²) >= 11 is 0. The van der Waals surface area contributed by atoms with Crippen LogP contribution in [0.3, 0.4) is 0 Å². The zero-order valence-electron chi connectivity index (χ0n) is 14.8. The maximum atomic E-state index is 13.9. The average molecular weight is 325 g/mol. The smallest absolute Gasteiger partial charge is 0.141 e. The molecule has 0 amide bonds. The Labute approximate surface area is 145 Å². The topological polar surface area (TPSA) is 23.8 Å². The van der Waals surface area contributed by atoms with Gasteiger partial charge in [-0.25, -0.2) is 4.39 Å². The second-order valence-corrected chi connectivity index (χ2v) is 7.58. The molecular formula is C22H28FN. The molecule has 128 valence electrons. The van der Waals surface area contributed by atoms with Crippen LogP contribution in [0.2, 0.25) is 0 Å². The van der Waals surface area contributed by atoms with E-state index < -0.39 is 0 Å². The number of fused-ring (bicyclic) bond motifs is 1. The predicted molar refractivity (Wildman–Crippen MR) is 97.0 cm³/mol. The first-order valence-corrected chi connectivity index (χ1v) is 9.64. The van der Waals surface area contributed by atoms with Crippen LogP contribution in [-0.2, 0) is 6.42 Å². The lowest BCUT2D eigenvalue weighted by atomic mass is 9.74. The first-order valence-electron chi connectivity index (χ1n) is 9.64. The van der Waals surface area contributed by atoms with Gasteiger partial charge in [0.05, 0.1) is 5.56 Å². The molecule has 0 heterocycles. The van der Waals surface area contributed by atoms with Crippen LogP contribution in [0.1, 0.15) is 81.4 Å². The number of rotatable bonds is 5. The van der Waals surface area contributed by atoms with E-state index in [4.69, 9.17) is 5.26 Å². The van der Waals surface area contributed by atoms with Gasteiger partial charge >= 0.3 is 0 Å². The van der Waals surface area contributed by atoms with Gasteiger partial charge in [-0.05, 0) is 73.6 Å². The number of nitrogens with zero attached hydrogens (tertiary/aromatic N) is 1. The lowest BCUT2D eigenvalue weighted by molar-refractivity contribution is 0.279. The van der Waals surface area contributed by atoms with Crippen molar-refractivity contribution in [3.8, 4) is 6.07 Å². The van der Waals surface area contributed by atoms with E-state index in [9.17, 15) is 4.39 Å². The Morgan fingerprint density at radius 3 is 2.62 bits per heavy atom. The second-order valence-electron chi connectivity index (χ2n) is 7.58. The Morgan fingerprint density at radius 2 is 1.92 bits per heavy atom. The average Bonchev–Trinajstić information content (AvgIpc) is 2.61. The van der Waals surface area contributed by atoms with E-state index in [-0.39, 0.29) is 11.4 Å². The fourth-order valence-corrected chi connectivity index (χ4v) is 4.45. The minimum atomic E-state index is -0.381. The van der Waals surface area contributed by atoms with E-state index in [1.165, 1.54) is 56.9 Å². The van der Waals surface area contributed by atoms with Crippen molar-refractivity contribution < 1.29 is 4.39 Å². The van der Waals surface area contributed by atoms with Crippen molar-refractivity contribution in [1.29, 1.82) is 5.26 Å². The summed E-state index contributed by atoms with van der Waals surface area (Å²) in [6, 6.07) is 5.25. The van der Waals surface area contributed by atoms with Gasteiger partial charge in [-0.15, -0.1) is 0 Å². The Kier molecular flexibility index (Phi) is 5.72. The van der Waals surface area contributed by atoms with Gasteiger partial charge in [0.1, 0.15) is 11.9 Å². The predicted octanol–water partition coefficient (Wildman–Crippen LogP) is 6.41. The zero-order valence-corrected chi connectivity index (χ0v) is 14.8. The van der Waals surface area contributed by atoms with Gasteiger partial charge in [0.15, 0.2) is 0 Å². The molecule has 0 spiro atoms. The molecule has 3 rings (SSSR count). The number of hydrogen-bond acceptors (Lipinski definition) is 1. The molecular weight excluding hydrogens is 297 g/mol. The van der Waals surface area contributed by atoms with Crippen molar-refractivity contribution in [3.63, 3.8) is 0 Å². The molecule has 2 aliphatic rings.